The van der Waals surface area contributed by atoms with Gasteiger partial charge in [0.25, 0.3) is 0 Å². The lowest BCUT2D eigenvalue weighted by Gasteiger charge is -2.36. The summed E-state index contributed by atoms with van der Waals surface area (Å²) in [6.07, 6.45) is 1.47. The second-order valence-corrected chi connectivity index (χ2v) is 7.29. The van der Waals surface area contributed by atoms with Crippen LogP contribution in [0.4, 0.5) is 5.82 Å². The minimum atomic E-state index is -0.281. The van der Waals surface area contributed by atoms with Crippen molar-refractivity contribution in [2.24, 2.45) is 0 Å². The predicted molar refractivity (Wildman–Crippen MR) is 102 cm³/mol. The second kappa shape index (κ2) is 8.27. The molecule has 1 saturated heterocycles. The van der Waals surface area contributed by atoms with Crippen LogP contribution in [0.5, 0.6) is 0 Å². The van der Waals surface area contributed by atoms with Crippen LogP contribution in [-0.2, 0) is 9.53 Å². The first kappa shape index (κ1) is 18.3. The normalized spacial score (nSPS) is 19.4. The van der Waals surface area contributed by atoms with Crippen LogP contribution in [0, 0.1) is 0 Å². The lowest BCUT2D eigenvalue weighted by molar-refractivity contribution is -0.124. The monoisotopic (exact) mass is 423 g/mol. The molecule has 132 valence electrons. The van der Waals surface area contributed by atoms with Crippen molar-refractivity contribution in [3.63, 3.8) is 0 Å². The summed E-state index contributed by atoms with van der Waals surface area (Å²) >= 11 is 9.31. The van der Waals surface area contributed by atoms with Crippen LogP contribution in [0.25, 0.3) is 0 Å². The first-order valence-corrected chi connectivity index (χ1v) is 9.23. The summed E-state index contributed by atoms with van der Waals surface area (Å²) in [6, 6.07) is 11.2. The Bertz CT molecular complexity index is 741. The number of aromatic nitrogens is 1. The van der Waals surface area contributed by atoms with E-state index in [0.29, 0.717) is 30.5 Å². The first-order valence-electron chi connectivity index (χ1n) is 8.06. The van der Waals surface area contributed by atoms with Crippen molar-refractivity contribution < 1.29 is 9.53 Å². The zero-order valence-corrected chi connectivity index (χ0v) is 16.1. The molecule has 0 bridgehead atoms. The molecule has 2 unspecified atom stereocenters. The van der Waals surface area contributed by atoms with E-state index in [1.54, 1.807) is 12.1 Å². The second-order valence-electron chi connectivity index (χ2n) is 5.94. The number of nitrogens with one attached hydrogen (secondary N) is 1. The van der Waals surface area contributed by atoms with Crippen molar-refractivity contribution in [2.75, 3.05) is 25.0 Å². The molecule has 0 aliphatic carbocycles. The summed E-state index contributed by atoms with van der Waals surface area (Å²) in [5.74, 6) is 0.405. The van der Waals surface area contributed by atoms with Gasteiger partial charge in [-0.25, -0.2) is 4.98 Å². The average Bonchev–Trinajstić information content (AvgIpc) is 2.63. The maximum absolute atomic E-state index is 12.5. The smallest absolute Gasteiger partial charge is 0.242 e. The fourth-order valence-electron chi connectivity index (χ4n) is 2.78. The fourth-order valence-corrected chi connectivity index (χ4v) is 3.30. The van der Waals surface area contributed by atoms with Crippen molar-refractivity contribution in [3.8, 4) is 0 Å². The predicted octanol–water partition coefficient (Wildman–Crippen LogP) is 3.90. The molecular formula is C18H19BrClN3O2. The van der Waals surface area contributed by atoms with E-state index in [1.165, 1.54) is 6.20 Å². The van der Waals surface area contributed by atoms with E-state index in [0.717, 1.165) is 10.0 Å². The lowest BCUT2D eigenvalue weighted by Crippen LogP contribution is -2.48. The highest BCUT2D eigenvalue weighted by atomic mass is 79.9. The van der Waals surface area contributed by atoms with Gasteiger partial charge in [-0.3, -0.25) is 9.69 Å². The Morgan fingerprint density at radius 3 is 3.00 bits per heavy atom. The molecule has 5 nitrogen and oxygen atoms in total. The molecule has 1 aliphatic rings. The summed E-state index contributed by atoms with van der Waals surface area (Å²) < 4.78 is 6.91. The van der Waals surface area contributed by atoms with Crippen LogP contribution in [0.15, 0.2) is 47.1 Å². The van der Waals surface area contributed by atoms with Gasteiger partial charge in [0, 0.05) is 23.8 Å². The molecule has 2 atom stereocenters. The van der Waals surface area contributed by atoms with Gasteiger partial charge in [0.2, 0.25) is 5.91 Å². The van der Waals surface area contributed by atoms with Crippen LogP contribution < -0.4 is 5.32 Å². The fraction of sp³-hybridized carbons (Fsp3) is 0.333. The van der Waals surface area contributed by atoms with Crippen LogP contribution >= 0.6 is 27.5 Å². The number of carbonyl (C=O) groups excluding carboxylic acids is 1. The Labute approximate surface area is 160 Å². The minimum absolute atomic E-state index is 0.0462. The molecular weight excluding hydrogens is 406 g/mol. The summed E-state index contributed by atoms with van der Waals surface area (Å²) in [4.78, 5) is 18.8. The minimum Gasteiger partial charge on any atom is -0.371 e. The van der Waals surface area contributed by atoms with Gasteiger partial charge in [-0.1, -0.05) is 39.7 Å². The number of amides is 1. The van der Waals surface area contributed by atoms with Crippen molar-refractivity contribution in [3.05, 3.63) is 57.7 Å². The standard InChI is InChI=1S/C18H19BrClN3O2/c1-12(18(24)22-17-6-5-15(20)10-21-17)23-7-8-25-16(11-23)13-3-2-4-14(19)9-13/h2-6,9-10,12,16H,7-8,11H2,1H3,(H,21,22,24). The molecule has 3 rings (SSSR count). The van der Waals surface area contributed by atoms with Crippen molar-refractivity contribution in [2.45, 2.75) is 19.1 Å². The number of nitrogens with zero attached hydrogens (tertiary/aromatic N) is 2. The maximum atomic E-state index is 12.5. The van der Waals surface area contributed by atoms with Crippen LogP contribution in [0.2, 0.25) is 5.02 Å². The summed E-state index contributed by atoms with van der Waals surface area (Å²) in [6.45, 7) is 3.87. The highest BCUT2D eigenvalue weighted by Gasteiger charge is 2.29. The van der Waals surface area contributed by atoms with E-state index in [2.05, 4.69) is 37.2 Å². The van der Waals surface area contributed by atoms with Gasteiger partial charge in [0.1, 0.15) is 5.82 Å². The van der Waals surface area contributed by atoms with E-state index in [-0.39, 0.29) is 18.1 Å². The van der Waals surface area contributed by atoms with Crippen molar-refractivity contribution in [1.82, 2.24) is 9.88 Å². The van der Waals surface area contributed by atoms with Gasteiger partial charge < -0.3 is 10.1 Å². The van der Waals surface area contributed by atoms with Gasteiger partial charge in [0.05, 0.1) is 23.8 Å². The number of hydrogen-bond acceptors (Lipinski definition) is 4. The Hall–Kier alpha value is -1.47. The first-order chi connectivity index (χ1) is 12.0. The van der Waals surface area contributed by atoms with Crippen LogP contribution in [-0.4, -0.2) is 41.5 Å². The number of ether oxygens (including phenoxy) is 1. The third kappa shape index (κ3) is 4.79. The number of carbonyl (C=O) groups is 1. The third-order valence-electron chi connectivity index (χ3n) is 4.22. The molecule has 2 heterocycles. The summed E-state index contributed by atoms with van der Waals surface area (Å²) in [5.41, 5.74) is 1.10. The van der Waals surface area contributed by atoms with Gasteiger partial charge in [-0.05, 0) is 36.8 Å². The quantitative estimate of drug-likeness (QED) is 0.809. The highest BCUT2D eigenvalue weighted by Crippen LogP contribution is 2.25. The van der Waals surface area contributed by atoms with Crippen molar-refractivity contribution >= 4 is 39.3 Å². The molecule has 1 aromatic carbocycles. The summed E-state index contributed by atoms with van der Waals surface area (Å²) in [5, 5.41) is 3.37. The largest absolute Gasteiger partial charge is 0.371 e. The number of hydrogen-bond donors (Lipinski definition) is 1. The molecule has 0 saturated carbocycles. The number of morpholine rings is 1. The zero-order valence-electron chi connectivity index (χ0n) is 13.8. The van der Waals surface area contributed by atoms with E-state index >= 15 is 0 Å². The van der Waals surface area contributed by atoms with E-state index in [4.69, 9.17) is 16.3 Å². The Balaban J connectivity index is 1.63. The molecule has 1 amide bonds. The van der Waals surface area contributed by atoms with Gasteiger partial charge >= 0.3 is 0 Å². The molecule has 1 fully saturated rings. The number of pyridine rings is 1. The van der Waals surface area contributed by atoms with Crippen molar-refractivity contribution in [1.29, 1.82) is 0 Å². The molecule has 1 aliphatic heterocycles. The SMILES string of the molecule is CC(C(=O)Nc1ccc(Cl)cn1)N1CCOC(c2cccc(Br)c2)C1. The van der Waals surface area contributed by atoms with Gasteiger partial charge in [-0.2, -0.15) is 0 Å². The Morgan fingerprint density at radius 1 is 1.44 bits per heavy atom. The van der Waals surface area contributed by atoms with Gasteiger partial charge in [-0.15, -0.1) is 0 Å². The third-order valence-corrected chi connectivity index (χ3v) is 4.94. The molecule has 2 aromatic rings. The number of rotatable bonds is 4. The zero-order chi connectivity index (χ0) is 17.8. The van der Waals surface area contributed by atoms with Crippen LogP contribution in [0.3, 0.4) is 0 Å². The number of halogens is 2. The Kier molecular flexibility index (Phi) is 6.06. The molecule has 1 aromatic heterocycles. The van der Waals surface area contributed by atoms with Crippen LogP contribution in [0.1, 0.15) is 18.6 Å². The topological polar surface area (TPSA) is 54.5 Å². The Morgan fingerprint density at radius 2 is 2.28 bits per heavy atom. The molecule has 0 radical (unpaired) electrons. The van der Waals surface area contributed by atoms with E-state index < -0.39 is 0 Å². The maximum Gasteiger partial charge on any atom is 0.242 e. The van der Waals surface area contributed by atoms with Gasteiger partial charge in [0.15, 0.2) is 0 Å². The number of benzene rings is 1. The molecule has 1 N–H and O–H groups in total. The average molecular weight is 425 g/mol. The number of anilines is 1. The molecule has 7 heteroatoms. The molecule has 0 spiro atoms. The highest BCUT2D eigenvalue weighted by molar-refractivity contribution is 9.10. The lowest BCUT2D eigenvalue weighted by atomic mass is 10.1. The summed E-state index contributed by atoms with van der Waals surface area (Å²) in [7, 11) is 0. The molecule has 25 heavy (non-hydrogen) atoms. The van der Waals surface area contributed by atoms with E-state index in [1.807, 2.05) is 25.1 Å². The van der Waals surface area contributed by atoms with E-state index in [9.17, 15) is 4.79 Å².